The van der Waals surface area contributed by atoms with Crippen LogP contribution in [0, 0.1) is 2.88 Å². The fourth-order valence-electron chi connectivity index (χ4n) is 2.06. The summed E-state index contributed by atoms with van der Waals surface area (Å²) in [5.74, 6) is 0. The van der Waals surface area contributed by atoms with Crippen LogP contribution in [0.25, 0.3) is 0 Å². The highest BCUT2D eigenvalue weighted by molar-refractivity contribution is 14.1. The van der Waals surface area contributed by atoms with E-state index in [0.717, 1.165) is 24.9 Å². The van der Waals surface area contributed by atoms with Crippen LogP contribution in [0.4, 0.5) is 0 Å². The zero-order valence-electron chi connectivity index (χ0n) is 11.1. The highest BCUT2D eigenvalue weighted by atomic mass is 127. The number of rotatable bonds is 6. The van der Waals surface area contributed by atoms with Gasteiger partial charge < -0.3 is 5.32 Å². The maximum atomic E-state index is 6.31. The van der Waals surface area contributed by atoms with Crippen LogP contribution in [-0.2, 0) is 6.42 Å². The van der Waals surface area contributed by atoms with Gasteiger partial charge in [-0.3, -0.25) is 0 Å². The fraction of sp³-hybridized carbons (Fsp3) is 0.333. The van der Waals surface area contributed by atoms with Crippen molar-refractivity contribution in [1.29, 1.82) is 0 Å². The number of benzene rings is 1. The lowest BCUT2D eigenvalue weighted by Crippen LogP contribution is -2.23. The molecule has 0 saturated heterocycles. The summed E-state index contributed by atoms with van der Waals surface area (Å²) in [6.45, 7) is 3.17. The van der Waals surface area contributed by atoms with Gasteiger partial charge in [0, 0.05) is 6.04 Å². The van der Waals surface area contributed by atoms with Gasteiger partial charge in [-0.05, 0) is 70.6 Å². The molecule has 5 heteroatoms. The summed E-state index contributed by atoms with van der Waals surface area (Å²) < 4.78 is 1.30. The molecule has 108 valence electrons. The first-order valence-electron chi connectivity index (χ1n) is 6.52. The van der Waals surface area contributed by atoms with Gasteiger partial charge in [0.2, 0.25) is 0 Å². The Morgan fingerprint density at radius 2 is 2.15 bits per heavy atom. The molecule has 1 unspecified atom stereocenters. The maximum Gasteiger partial charge on any atom is 0.0656 e. The zero-order valence-corrected chi connectivity index (χ0v) is 15.6. The van der Waals surface area contributed by atoms with Gasteiger partial charge in [-0.15, -0.1) is 11.3 Å². The largest absolute Gasteiger partial charge is 0.310 e. The van der Waals surface area contributed by atoms with E-state index in [4.69, 9.17) is 23.2 Å². The Bertz CT molecular complexity index is 571. The molecule has 1 atom stereocenters. The zero-order chi connectivity index (χ0) is 14.5. The van der Waals surface area contributed by atoms with Crippen molar-refractivity contribution in [1.82, 2.24) is 5.32 Å². The SMILES string of the molecule is CCCNC(Cc1cccc(Cl)c1Cl)c1csc(I)c1. The summed E-state index contributed by atoms with van der Waals surface area (Å²) in [5, 5.41) is 7.10. The Balaban J connectivity index is 2.21. The van der Waals surface area contributed by atoms with Crippen molar-refractivity contribution in [3.63, 3.8) is 0 Å². The standard InChI is InChI=1S/C15H16Cl2INS/c1-2-6-19-13(11-8-14(18)20-9-11)7-10-4-3-5-12(16)15(10)17/h3-5,8-9,13,19H,2,6-7H2,1H3. The van der Waals surface area contributed by atoms with E-state index in [1.807, 2.05) is 18.2 Å². The predicted molar refractivity (Wildman–Crippen MR) is 98.2 cm³/mol. The van der Waals surface area contributed by atoms with E-state index in [2.05, 4.69) is 46.3 Å². The van der Waals surface area contributed by atoms with Gasteiger partial charge >= 0.3 is 0 Å². The lowest BCUT2D eigenvalue weighted by Gasteiger charge is -2.18. The van der Waals surface area contributed by atoms with Gasteiger partial charge in [-0.2, -0.15) is 0 Å². The molecule has 0 amide bonds. The third-order valence-corrected chi connectivity index (χ3v) is 5.75. The van der Waals surface area contributed by atoms with Crippen molar-refractivity contribution in [3.8, 4) is 0 Å². The van der Waals surface area contributed by atoms with Crippen LogP contribution in [0.1, 0.15) is 30.5 Å². The molecule has 1 aromatic carbocycles. The first-order chi connectivity index (χ1) is 9.61. The van der Waals surface area contributed by atoms with Crippen LogP contribution in [0.5, 0.6) is 0 Å². The Hall–Kier alpha value is 0.190. The lowest BCUT2D eigenvalue weighted by atomic mass is 10.0. The van der Waals surface area contributed by atoms with E-state index in [1.165, 1.54) is 8.45 Å². The predicted octanol–water partition coefficient (Wildman–Crippen LogP) is 5.94. The molecule has 0 spiro atoms. The van der Waals surface area contributed by atoms with Crippen LogP contribution in [-0.4, -0.2) is 6.54 Å². The van der Waals surface area contributed by atoms with Crippen molar-refractivity contribution in [2.75, 3.05) is 6.54 Å². The topological polar surface area (TPSA) is 12.0 Å². The highest BCUT2D eigenvalue weighted by Crippen LogP contribution is 2.31. The van der Waals surface area contributed by atoms with E-state index >= 15 is 0 Å². The summed E-state index contributed by atoms with van der Waals surface area (Å²) in [6, 6.07) is 8.35. The van der Waals surface area contributed by atoms with Gasteiger partial charge in [0.25, 0.3) is 0 Å². The minimum Gasteiger partial charge on any atom is -0.310 e. The molecule has 1 aromatic heterocycles. The normalized spacial score (nSPS) is 12.6. The number of thiophene rings is 1. The van der Waals surface area contributed by atoms with Gasteiger partial charge in [0.15, 0.2) is 0 Å². The molecule has 1 heterocycles. The molecule has 0 saturated carbocycles. The smallest absolute Gasteiger partial charge is 0.0656 e. The van der Waals surface area contributed by atoms with Gasteiger partial charge in [0.1, 0.15) is 0 Å². The molecule has 0 bridgehead atoms. The minimum atomic E-state index is 0.283. The average Bonchev–Trinajstić information content (AvgIpc) is 2.86. The number of nitrogens with one attached hydrogen (secondary N) is 1. The number of halogens is 3. The molecule has 0 radical (unpaired) electrons. The van der Waals surface area contributed by atoms with E-state index in [0.29, 0.717) is 10.0 Å². The minimum absolute atomic E-state index is 0.283. The molecule has 0 aliphatic rings. The molecule has 1 N–H and O–H groups in total. The fourth-order valence-corrected chi connectivity index (χ4v) is 3.88. The van der Waals surface area contributed by atoms with Gasteiger partial charge in [-0.1, -0.05) is 42.3 Å². The summed E-state index contributed by atoms with van der Waals surface area (Å²) in [5.41, 5.74) is 2.41. The summed E-state index contributed by atoms with van der Waals surface area (Å²) in [6.07, 6.45) is 1.97. The Morgan fingerprint density at radius 3 is 2.80 bits per heavy atom. The Kier molecular flexibility index (Phi) is 6.62. The van der Waals surface area contributed by atoms with Gasteiger partial charge in [-0.25, -0.2) is 0 Å². The first-order valence-corrected chi connectivity index (χ1v) is 9.23. The van der Waals surface area contributed by atoms with Crippen LogP contribution in [0.15, 0.2) is 29.6 Å². The molecule has 1 nitrogen and oxygen atoms in total. The van der Waals surface area contributed by atoms with E-state index < -0.39 is 0 Å². The average molecular weight is 440 g/mol. The molecule has 0 aliphatic heterocycles. The second kappa shape index (κ2) is 7.99. The van der Waals surface area contributed by atoms with Gasteiger partial charge in [0.05, 0.1) is 12.9 Å². The number of hydrogen-bond donors (Lipinski definition) is 1. The van der Waals surface area contributed by atoms with E-state index in [1.54, 1.807) is 11.3 Å². The molecule has 20 heavy (non-hydrogen) atoms. The molecular formula is C15H16Cl2INS. The van der Waals surface area contributed by atoms with Crippen LogP contribution < -0.4 is 5.32 Å². The highest BCUT2D eigenvalue weighted by Gasteiger charge is 2.15. The summed E-state index contributed by atoms with van der Waals surface area (Å²) in [4.78, 5) is 0. The third kappa shape index (κ3) is 4.34. The molecular weight excluding hydrogens is 424 g/mol. The quantitative estimate of drug-likeness (QED) is 0.549. The molecule has 2 aromatic rings. The summed E-state index contributed by atoms with van der Waals surface area (Å²) in [7, 11) is 0. The van der Waals surface area contributed by atoms with Crippen molar-refractivity contribution >= 4 is 57.1 Å². The lowest BCUT2D eigenvalue weighted by molar-refractivity contribution is 0.530. The van der Waals surface area contributed by atoms with Crippen molar-refractivity contribution in [2.24, 2.45) is 0 Å². The van der Waals surface area contributed by atoms with Crippen molar-refractivity contribution in [2.45, 2.75) is 25.8 Å². The van der Waals surface area contributed by atoms with Crippen molar-refractivity contribution < 1.29 is 0 Å². The molecule has 0 aliphatic carbocycles. The third-order valence-electron chi connectivity index (χ3n) is 3.09. The molecule has 0 fully saturated rings. The Labute approximate surface area is 147 Å². The second-order valence-electron chi connectivity index (χ2n) is 4.61. The van der Waals surface area contributed by atoms with E-state index in [9.17, 15) is 0 Å². The number of hydrogen-bond acceptors (Lipinski definition) is 2. The van der Waals surface area contributed by atoms with Crippen LogP contribution in [0.2, 0.25) is 10.0 Å². The monoisotopic (exact) mass is 439 g/mol. The molecule has 2 rings (SSSR count). The Morgan fingerprint density at radius 1 is 1.35 bits per heavy atom. The van der Waals surface area contributed by atoms with Crippen molar-refractivity contribution in [3.05, 3.63) is 53.7 Å². The summed E-state index contributed by atoms with van der Waals surface area (Å²) >= 11 is 16.5. The van der Waals surface area contributed by atoms with Crippen LogP contribution >= 0.6 is 57.1 Å². The van der Waals surface area contributed by atoms with E-state index in [-0.39, 0.29) is 6.04 Å². The van der Waals surface area contributed by atoms with Crippen LogP contribution in [0.3, 0.4) is 0 Å². The second-order valence-corrected chi connectivity index (χ2v) is 8.20. The first kappa shape index (κ1) is 16.6. The maximum absolute atomic E-state index is 6.31.